The highest BCUT2D eigenvalue weighted by Crippen LogP contribution is 2.38. The topological polar surface area (TPSA) is 91.4 Å². The number of benzene rings is 1. The van der Waals surface area contributed by atoms with Crippen LogP contribution in [0.5, 0.6) is 11.5 Å². The summed E-state index contributed by atoms with van der Waals surface area (Å²) in [5.74, 6) is -0.613. The van der Waals surface area contributed by atoms with Crippen molar-refractivity contribution < 1.29 is 33.3 Å². The Morgan fingerprint density at radius 2 is 1.90 bits per heavy atom. The second-order valence-corrected chi connectivity index (χ2v) is 7.64. The van der Waals surface area contributed by atoms with Crippen LogP contribution in [0.25, 0.3) is 0 Å². The van der Waals surface area contributed by atoms with Gasteiger partial charge in [0.2, 0.25) is 0 Å². The molecule has 30 heavy (non-hydrogen) atoms. The summed E-state index contributed by atoms with van der Waals surface area (Å²) >= 11 is 6.22. The van der Waals surface area contributed by atoms with Crippen LogP contribution in [0.3, 0.4) is 0 Å². The van der Waals surface area contributed by atoms with Crippen molar-refractivity contribution in [1.82, 2.24) is 4.90 Å². The Labute approximate surface area is 180 Å². The lowest BCUT2D eigenvalue weighted by molar-refractivity contribution is -0.152. The van der Waals surface area contributed by atoms with Gasteiger partial charge in [0.05, 0.1) is 36.3 Å². The van der Waals surface area contributed by atoms with Crippen LogP contribution in [-0.2, 0) is 19.1 Å². The Morgan fingerprint density at radius 1 is 1.20 bits per heavy atom. The molecule has 0 aromatic heterocycles. The Kier molecular flexibility index (Phi) is 7.42. The molecule has 1 unspecified atom stereocenters. The number of rotatable bonds is 5. The van der Waals surface area contributed by atoms with Crippen LogP contribution in [0.15, 0.2) is 12.1 Å². The van der Waals surface area contributed by atoms with E-state index in [2.05, 4.69) is 0 Å². The minimum atomic E-state index is -0.966. The van der Waals surface area contributed by atoms with E-state index >= 15 is 0 Å². The molecular weight excluding hydrogens is 414 g/mol. The third kappa shape index (κ3) is 5.16. The lowest BCUT2D eigenvalue weighted by Crippen LogP contribution is -2.45. The Morgan fingerprint density at radius 3 is 2.60 bits per heavy atom. The van der Waals surface area contributed by atoms with Gasteiger partial charge >= 0.3 is 11.9 Å². The summed E-state index contributed by atoms with van der Waals surface area (Å²) < 4.78 is 21.5. The number of ether oxygens (including phenoxy) is 4. The molecule has 1 fully saturated rings. The molecule has 0 spiro atoms. The molecule has 2 heterocycles. The Balaban J connectivity index is 1.58. The van der Waals surface area contributed by atoms with Crippen molar-refractivity contribution in [2.75, 3.05) is 32.9 Å². The van der Waals surface area contributed by atoms with Gasteiger partial charge in [-0.3, -0.25) is 9.59 Å². The van der Waals surface area contributed by atoms with Crippen LogP contribution < -0.4 is 9.47 Å². The van der Waals surface area contributed by atoms with Gasteiger partial charge in [-0.1, -0.05) is 11.6 Å². The highest BCUT2D eigenvalue weighted by atomic mass is 35.5. The Bertz CT molecular complexity index is 805. The van der Waals surface area contributed by atoms with Gasteiger partial charge < -0.3 is 23.8 Å². The SMILES string of the molecule is CCOC(=O)C1CCN(C(=O)C(C)OC(=O)c2cc(Cl)c3c(c2)OCCCO3)CC1. The monoisotopic (exact) mass is 439 g/mol. The maximum atomic E-state index is 12.7. The molecule has 1 atom stereocenters. The van der Waals surface area contributed by atoms with Crippen molar-refractivity contribution in [1.29, 1.82) is 0 Å². The zero-order chi connectivity index (χ0) is 21.7. The van der Waals surface area contributed by atoms with Gasteiger partial charge in [-0.2, -0.15) is 0 Å². The molecule has 0 radical (unpaired) electrons. The van der Waals surface area contributed by atoms with Crippen LogP contribution in [0.4, 0.5) is 0 Å². The van der Waals surface area contributed by atoms with Crippen molar-refractivity contribution in [2.45, 2.75) is 39.2 Å². The molecule has 3 rings (SSSR count). The van der Waals surface area contributed by atoms with Gasteiger partial charge in [0.25, 0.3) is 5.91 Å². The van der Waals surface area contributed by atoms with Crippen molar-refractivity contribution in [3.05, 3.63) is 22.7 Å². The van der Waals surface area contributed by atoms with Gasteiger partial charge in [0.1, 0.15) is 0 Å². The average molecular weight is 440 g/mol. The first-order valence-electron chi connectivity index (χ1n) is 10.2. The number of esters is 2. The quantitative estimate of drug-likeness (QED) is 0.651. The number of halogens is 1. The minimum absolute atomic E-state index is 0.185. The van der Waals surface area contributed by atoms with Gasteiger partial charge in [-0.15, -0.1) is 0 Å². The number of carbonyl (C=O) groups is 3. The molecule has 0 aliphatic carbocycles. The molecule has 2 aliphatic heterocycles. The molecule has 1 amide bonds. The van der Waals surface area contributed by atoms with E-state index in [-0.39, 0.29) is 28.4 Å². The maximum Gasteiger partial charge on any atom is 0.339 e. The number of nitrogens with zero attached hydrogens (tertiary/aromatic N) is 1. The summed E-state index contributed by atoms with van der Waals surface area (Å²) in [6.07, 6.45) is 0.807. The highest BCUT2D eigenvalue weighted by Gasteiger charge is 2.31. The van der Waals surface area contributed by atoms with Crippen molar-refractivity contribution in [3.8, 4) is 11.5 Å². The van der Waals surface area contributed by atoms with Crippen LogP contribution in [0, 0.1) is 5.92 Å². The second kappa shape index (κ2) is 10.0. The zero-order valence-corrected chi connectivity index (χ0v) is 17.9. The van der Waals surface area contributed by atoms with Crippen molar-refractivity contribution in [3.63, 3.8) is 0 Å². The molecular formula is C21H26ClNO7. The lowest BCUT2D eigenvalue weighted by atomic mass is 9.97. The van der Waals surface area contributed by atoms with Crippen LogP contribution >= 0.6 is 11.6 Å². The smallest absolute Gasteiger partial charge is 0.339 e. The second-order valence-electron chi connectivity index (χ2n) is 7.23. The number of carbonyl (C=O) groups excluding carboxylic acids is 3. The van der Waals surface area contributed by atoms with Gasteiger partial charge in [0, 0.05) is 19.5 Å². The number of piperidine rings is 1. The third-order valence-corrected chi connectivity index (χ3v) is 5.38. The van der Waals surface area contributed by atoms with E-state index in [1.54, 1.807) is 11.8 Å². The van der Waals surface area contributed by atoms with Crippen molar-refractivity contribution in [2.24, 2.45) is 5.92 Å². The predicted molar refractivity (Wildman–Crippen MR) is 108 cm³/mol. The van der Waals surface area contributed by atoms with E-state index < -0.39 is 12.1 Å². The summed E-state index contributed by atoms with van der Waals surface area (Å²) in [5.41, 5.74) is 0.185. The first-order valence-corrected chi connectivity index (χ1v) is 10.5. The zero-order valence-electron chi connectivity index (χ0n) is 17.1. The molecule has 1 aromatic carbocycles. The van der Waals surface area contributed by atoms with E-state index in [1.807, 2.05) is 0 Å². The fraction of sp³-hybridized carbons (Fsp3) is 0.571. The molecule has 0 bridgehead atoms. The van der Waals surface area contributed by atoms with E-state index in [0.717, 1.165) is 0 Å². The largest absolute Gasteiger partial charge is 0.489 e. The first-order chi connectivity index (χ1) is 14.4. The number of hydrogen-bond acceptors (Lipinski definition) is 7. The van der Waals surface area contributed by atoms with Crippen molar-refractivity contribution >= 4 is 29.4 Å². The average Bonchev–Trinajstić information content (AvgIpc) is 2.99. The number of fused-ring (bicyclic) bond motifs is 1. The molecule has 0 N–H and O–H groups in total. The fourth-order valence-corrected chi connectivity index (χ4v) is 3.75. The molecule has 1 saturated heterocycles. The number of amides is 1. The van der Waals surface area contributed by atoms with Gasteiger partial charge in [-0.25, -0.2) is 4.79 Å². The predicted octanol–water partition coefficient (Wildman–Crippen LogP) is 2.85. The van der Waals surface area contributed by atoms with E-state index in [9.17, 15) is 14.4 Å². The molecule has 164 valence electrons. The molecule has 8 nitrogen and oxygen atoms in total. The van der Waals surface area contributed by atoms with E-state index in [1.165, 1.54) is 19.1 Å². The fourth-order valence-electron chi connectivity index (χ4n) is 3.48. The molecule has 0 saturated carbocycles. The summed E-state index contributed by atoms with van der Waals surface area (Å²) in [5, 5.41) is 0.251. The molecule has 9 heteroatoms. The van der Waals surface area contributed by atoms with Crippen LogP contribution in [0.1, 0.15) is 43.5 Å². The summed E-state index contributed by atoms with van der Waals surface area (Å²) in [4.78, 5) is 38.7. The van der Waals surface area contributed by atoms with E-state index in [4.69, 9.17) is 30.5 Å². The van der Waals surface area contributed by atoms with Crippen LogP contribution in [0.2, 0.25) is 5.02 Å². The van der Waals surface area contributed by atoms with Gasteiger partial charge in [-0.05, 0) is 38.8 Å². The third-order valence-electron chi connectivity index (χ3n) is 5.10. The molecule has 1 aromatic rings. The number of likely N-dealkylation sites (tertiary alicyclic amines) is 1. The summed E-state index contributed by atoms with van der Waals surface area (Å²) in [6, 6.07) is 2.95. The lowest BCUT2D eigenvalue weighted by Gasteiger charge is -2.32. The summed E-state index contributed by atoms with van der Waals surface area (Å²) in [6.45, 7) is 5.41. The maximum absolute atomic E-state index is 12.7. The van der Waals surface area contributed by atoms with Crippen LogP contribution in [-0.4, -0.2) is 61.8 Å². The minimum Gasteiger partial charge on any atom is -0.489 e. The number of hydrogen-bond donors (Lipinski definition) is 0. The summed E-state index contributed by atoms with van der Waals surface area (Å²) in [7, 11) is 0. The standard InChI is InChI=1S/C21H26ClNO7/c1-3-27-20(25)14-5-7-23(8-6-14)19(24)13(2)30-21(26)15-11-16(22)18-17(12-15)28-9-4-10-29-18/h11-14H,3-10H2,1-2H3. The normalized spacial score (nSPS) is 17.6. The molecule has 2 aliphatic rings. The highest BCUT2D eigenvalue weighted by molar-refractivity contribution is 6.32. The van der Waals surface area contributed by atoms with Gasteiger partial charge in [0.15, 0.2) is 17.6 Å². The first kappa shape index (κ1) is 22.2. The van der Waals surface area contributed by atoms with E-state index in [0.29, 0.717) is 63.7 Å². The Hall–Kier alpha value is -2.48.